The molecule has 1 fully saturated rings. The zero-order valence-corrected chi connectivity index (χ0v) is 17.9. The van der Waals surface area contributed by atoms with Crippen molar-refractivity contribution >= 4 is 22.7 Å². The van der Waals surface area contributed by atoms with Crippen LogP contribution in [0.1, 0.15) is 48.4 Å². The second-order valence-electron chi connectivity index (χ2n) is 8.89. The molecule has 1 N–H and O–H groups in total. The number of anilines is 2. The van der Waals surface area contributed by atoms with Crippen LogP contribution in [-0.4, -0.2) is 39.6 Å². The van der Waals surface area contributed by atoms with Crippen LogP contribution in [0.2, 0.25) is 0 Å². The first-order valence-corrected chi connectivity index (χ1v) is 10.9. The Bertz CT molecular complexity index is 1250. The van der Waals surface area contributed by atoms with Crippen LogP contribution in [0.5, 0.6) is 0 Å². The highest BCUT2D eigenvalue weighted by molar-refractivity contribution is 5.77. The van der Waals surface area contributed by atoms with Crippen molar-refractivity contribution in [1.29, 1.82) is 5.26 Å². The molecule has 1 saturated carbocycles. The molecule has 0 bridgehead atoms. The number of likely N-dealkylation sites (N-methyl/N-ethyl adjacent to an activating group) is 1. The third-order valence-electron chi connectivity index (χ3n) is 6.69. The molecular formula is C24H26N6O. The molecule has 31 heavy (non-hydrogen) atoms. The smallest absolute Gasteiger partial charge is 0.270 e. The van der Waals surface area contributed by atoms with E-state index in [9.17, 15) is 10.1 Å². The van der Waals surface area contributed by atoms with E-state index in [2.05, 4.69) is 47.5 Å². The Morgan fingerprint density at radius 1 is 1.16 bits per heavy atom. The standard InChI is InChI=1S/C24H26N6O/c1-29(2)21-11-15-7-8-19(10-16(15)12-21)27-24-26-14-18-9-17(13-25)23(31)30(22(18)28-24)20-5-3-4-6-20/h7-10,14,20-21H,3-6,11-12H2,1-2H3,(H,26,27,28). The van der Waals surface area contributed by atoms with Crippen LogP contribution in [-0.2, 0) is 12.8 Å². The van der Waals surface area contributed by atoms with Gasteiger partial charge in [-0.05, 0) is 69.1 Å². The lowest BCUT2D eigenvalue weighted by atomic mass is 10.1. The predicted molar refractivity (Wildman–Crippen MR) is 121 cm³/mol. The molecule has 2 aromatic heterocycles. The van der Waals surface area contributed by atoms with Crippen molar-refractivity contribution in [2.45, 2.75) is 50.6 Å². The highest BCUT2D eigenvalue weighted by Gasteiger charge is 2.24. The first kappa shape index (κ1) is 19.7. The maximum atomic E-state index is 12.9. The number of fused-ring (bicyclic) bond motifs is 2. The van der Waals surface area contributed by atoms with Crippen LogP contribution in [0.15, 0.2) is 35.3 Å². The molecule has 7 nitrogen and oxygen atoms in total. The molecule has 5 rings (SSSR count). The van der Waals surface area contributed by atoms with Gasteiger partial charge in [-0.15, -0.1) is 0 Å². The minimum absolute atomic E-state index is 0.0917. The van der Waals surface area contributed by atoms with Crippen LogP contribution in [0.4, 0.5) is 11.6 Å². The monoisotopic (exact) mass is 414 g/mol. The van der Waals surface area contributed by atoms with Crippen molar-refractivity contribution in [2.75, 3.05) is 19.4 Å². The van der Waals surface area contributed by atoms with E-state index in [1.165, 1.54) is 11.1 Å². The molecule has 2 aliphatic rings. The number of nitrogens with zero attached hydrogens (tertiary/aromatic N) is 5. The average molecular weight is 415 g/mol. The van der Waals surface area contributed by atoms with Gasteiger partial charge in [-0.2, -0.15) is 10.2 Å². The summed E-state index contributed by atoms with van der Waals surface area (Å²) < 4.78 is 1.72. The van der Waals surface area contributed by atoms with E-state index in [-0.39, 0.29) is 17.2 Å². The molecule has 0 amide bonds. The minimum Gasteiger partial charge on any atom is -0.324 e. The fraction of sp³-hybridized carbons (Fsp3) is 0.417. The van der Waals surface area contributed by atoms with Gasteiger partial charge in [0.15, 0.2) is 0 Å². The summed E-state index contributed by atoms with van der Waals surface area (Å²) in [6.45, 7) is 0. The Labute approximate surface area is 181 Å². The summed E-state index contributed by atoms with van der Waals surface area (Å²) in [7, 11) is 4.25. The number of rotatable bonds is 4. The average Bonchev–Trinajstić information content (AvgIpc) is 3.43. The first-order chi connectivity index (χ1) is 15.0. The summed E-state index contributed by atoms with van der Waals surface area (Å²) in [6.07, 6.45) is 7.87. The summed E-state index contributed by atoms with van der Waals surface area (Å²) in [5, 5.41) is 13.4. The number of pyridine rings is 1. The van der Waals surface area contributed by atoms with Gasteiger partial charge in [-0.3, -0.25) is 9.36 Å². The SMILES string of the molecule is CN(C)C1Cc2ccc(Nc3ncc4cc(C#N)c(=O)n(C5CCCC5)c4n3)cc2C1. The normalized spacial score (nSPS) is 18.5. The van der Waals surface area contributed by atoms with E-state index in [4.69, 9.17) is 4.98 Å². The lowest BCUT2D eigenvalue weighted by Crippen LogP contribution is -2.27. The molecule has 2 heterocycles. The Kier molecular flexibility index (Phi) is 4.95. The maximum Gasteiger partial charge on any atom is 0.270 e. The van der Waals surface area contributed by atoms with Crippen molar-refractivity contribution in [2.24, 2.45) is 0 Å². The largest absolute Gasteiger partial charge is 0.324 e. The van der Waals surface area contributed by atoms with Crippen molar-refractivity contribution in [3.05, 3.63) is 57.5 Å². The van der Waals surface area contributed by atoms with Gasteiger partial charge >= 0.3 is 0 Å². The van der Waals surface area contributed by atoms with E-state index in [0.717, 1.165) is 49.6 Å². The van der Waals surface area contributed by atoms with Crippen LogP contribution in [0.3, 0.4) is 0 Å². The number of hydrogen-bond donors (Lipinski definition) is 1. The molecule has 1 aromatic carbocycles. The van der Waals surface area contributed by atoms with Crippen molar-refractivity contribution in [3.8, 4) is 6.07 Å². The van der Waals surface area contributed by atoms with Gasteiger partial charge in [0.2, 0.25) is 5.95 Å². The molecule has 1 atom stereocenters. The zero-order chi connectivity index (χ0) is 21.5. The molecule has 0 radical (unpaired) electrons. The summed E-state index contributed by atoms with van der Waals surface area (Å²) in [5.41, 5.74) is 4.19. The highest BCUT2D eigenvalue weighted by atomic mass is 16.1. The molecule has 7 heteroatoms. The van der Waals surface area contributed by atoms with Gasteiger partial charge in [-0.1, -0.05) is 18.9 Å². The van der Waals surface area contributed by atoms with Crippen LogP contribution in [0.25, 0.3) is 11.0 Å². The number of hydrogen-bond acceptors (Lipinski definition) is 6. The van der Waals surface area contributed by atoms with Gasteiger partial charge in [0, 0.05) is 29.4 Å². The number of nitriles is 1. The third kappa shape index (κ3) is 3.57. The summed E-state index contributed by atoms with van der Waals surface area (Å²) >= 11 is 0. The molecule has 158 valence electrons. The predicted octanol–water partition coefficient (Wildman–Crippen LogP) is 3.55. The van der Waals surface area contributed by atoms with Crippen molar-refractivity contribution in [3.63, 3.8) is 0 Å². The van der Waals surface area contributed by atoms with E-state index in [0.29, 0.717) is 17.6 Å². The van der Waals surface area contributed by atoms with E-state index in [1.807, 2.05) is 6.07 Å². The molecule has 3 aromatic rings. The fourth-order valence-corrected chi connectivity index (χ4v) is 4.93. The summed E-state index contributed by atoms with van der Waals surface area (Å²) in [6, 6.07) is 10.7. The maximum absolute atomic E-state index is 12.9. The van der Waals surface area contributed by atoms with Crippen molar-refractivity contribution < 1.29 is 0 Å². The van der Waals surface area contributed by atoms with E-state index >= 15 is 0 Å². The zero-order valence-electron chi connectivity index (χ0n) is 17.9. The van der Waals surface area contributed by atoms with Gasteiger partial charge in [-0.25, -0.2) is 4.98 Å². The molecule has 1 unspecified atom stereocenters. The third-order valence-corrected chi connectivity index (χ3v) is 6.69. The molecule has 0 saturated heterocycles. The fourth-order valence-electron chi connectivity index (χ4n) is 4.93. The van der Waals surface area contributed by atoms with Crippen molar-refractivity contribution in [1.82, 2.24) is 19.4 Å². The molecule has 2 aliphatic carbocycles. The van der Waals surface area contributed by atoms with Crippen LogP contribution in [0, 0.1) is 11.3 Å². The number of aromatic nitrogens is 3. The Morgan fingerprint density at radius 3 is 2.68 bits per heavy atom. The van der Waals surface area contributed by atoms with E-state index in [1.54, 1.807) is 16.8 Å². The molecular weight excluding hydrogens is 388 g/mol. The summed E-state index contributed by atoms with van der Waals surface area (Å²) in [4.78, 5) is 24.4. The molecule has 0 aliphatic heterocycles. The van der Waals surface area contributed by atoms with E-state index < -0.39 is 0 Å². The second kappa shape index (κ2) is 7.78. The second-order valence-corrected chi connectivity index (χ2v) is 8.89. The highest BCUT2D eigenvalue weighted by Crippen LogP contribution is 2.31. The Morgan fingerprint density at radius 2 is 1.94 bits per heavy atom. The van der Waals surface area contributed by atoms with Crippen LogP contribution >= 0.6 is 0 Å². The van der Waals surface area contributed by atoms with Gasteiger partial charge < -0.3 is 10.2 Å². The lowest BCUT2D eigenvalue weighted by molar-refractivity contribution is 0.303. The first-order valence-electron chi connectivity index (χ1n) is 10.9. The minimum atomic E-state index is -0.251. The lowest BCUT2D eigenvalue weighted by Gasteiger charge is -2.17. The quantitative estimate of drug-likeness (QED) is 0.703. The Balaban J connectivity index is 1.51. The topological polar surface area (TPSA) is 86.8 Å². The van der Waals surface area contributed by atoms with Gasteiger partial charge in [0.05, 0.1) is 0 Å². The van der Waals surface area contributed by atoms with Crippen LogP contribution < -0.4 is 10.9 Å². The van der Waals surface area contributed by atoms with Gasteiger partial charge in [0.25, 0.3) is 5.56 Å². The van der Waals surface area contributed by atoms with Gasteiger partial charge in [0.1, 0.15) is 17.3 Å². The number of benzene rings is 1. The number of nitrogens with one attached hydrogen (secondary N) is 1. The summed E-state index contributed by atoms with van der Waals surface area (Å²) in [5.74, 6) is 0.463. The Hall–Kier alpha value is -3.24. The molecule has 0 spiro atoms.